The first kappa shape index (κ1) is 33.8. The van der Waals surface area contributed by atoms with Crippen molar-refractivity contribution in [2.75, 3.05) is 0 Å². The zero-order chi connectivity index (χ0) is 34.1. The Labute approximate surface area is 297 Å². The topological polar surface area (TPSA) is 0 Å². The van der Waals surface area contributed by atoms with Crippen molar-refractivity contribution in [2.24, 2.45) is 23.7 Å². The Morgan fingerprint density at radius 1 is 0.673 bits per heavy atom. The first-order valence-corrected chi connectivity index (χ1v) is 19.6. The van der Waals surface area contributed by atoms with Crippen LogP contribution in [0.3, 0.4) is 0 Å². The molecule has 0 heterocycles. The van der Waals surface area contributed by atoms with Gasteiger partial charge in [0, 0.05) is 11.8 Å². The molecule has 49 heavy (non-hydrogen) atoms. The summed E-state index contributed by atoms with van der Waals surface area (Å²) in [5, 5.41) is 0. The monoisotopic (exact) mass is 646 g/mol. The van der Waals surface area contributed by atoms with Gasteiger partial charge in [-0.25, -0.2) is 0 Å². The minimum atomic E-state index is 0.293. The first-order valence-electron chi connectivity index (χ1n) is 19.6. The largest absolute Gasteiger partial charge is 0.0986 e. The van der Waals surface area contributed by atoms with E-state index in [9.17, 15) is 0 Å². The van der Waals surface area contributed by atoms with Crippen molar-refractivity contribution in [1.82, 2.24) is 0 Å². The molecule has 0 amide bonds. The number of allylic oxidation sites excluding steroid dienone is 2. The van der Waals surface area contributed by atoms with Crippen LogP contribution in [0.2, 0.25) is 0 Å². The zero-order valence-electron chi connectivity index (χ0n) is 30.7. The van der Waals surface area contributed by atoms with Crippen LogP contribution in [0.4, 0.5) is 0 Å². The number of benzene rings is 4. The molecule has 0 saturated heterocycles. The van der Waals surface area contributed by atoms with Gasteiger partial charge in [0.25, 0.3) is 0 Å². The van der Waals surface area contributed by atoms with E-state index in [-0.39, 0.29) is 0 Å². The predicted octanol–water partition coefficient (Wildman–Crippen LogP) is 13.5. The van der Waals surface area contributed by atoms with Crippen LogP contribution >= 0.6 is 0 Å². The molecule has 3 aliphatic rings. The third-order valence-electron chi connectivity index (χ3n) is 13.2. The molecule has 254 valence electrons. The van der Waals surface area contributed by atoms with Crippen LogP contribution in [-0.2, 0) is 19.3 Å². The fraction of sp³-hybridized carbons (Fsp3) is 0.429. The molecule has 2 fully saturated rings. The highest BCUT2D eigenvalue weighted by atomic mass is 14.4. The molecule has 7 rings (SSSR count). The van der Waals surface area contributed by atoms with E-state index in [2.05, 4.69) is 113 Å². The Morgan fingerprint density at radius 2 is 1.37 bits per heavy atom. The molecule has 0 N–H and O–H groups in total. The summed E-state index contributed by atoms with van der Waals surface area (Å²) in [6, 6.07) is 32.5. The highest BCUT2D eigenvalue weighted by Crippen LogP contribution is 2.48. The smallest absolute Gasteiger partial charge is 0.00981 e. The number of rotatable bonds is 8. The van der Waals surface area contributed by atoms with E-state index in [4.69, 9.17) is 13.2 Å². The van der Waals surface area contributed by atoms with Gasteiger partial charge in [-0.3, -0.25) is 0 Å². The van der Waals surface area contributed by atoms with E-state index in [1.54, 1.807) is 0 Å². The van der Waals surface area contributed by atoms with E-state index in [0.717, 1.165) is 37.0 Å². The molecular formula is C49H58. The lowest BCUT2D eigenvalue weighted by Gasteiger charge is -2.37. The normalized spacial score (nSPS) is 25.3. The molecule has 0 radical (unpaired) electrons. The SMILES string of the molecule is C=C(c1ccc(Cc2ccc3c(c2)-c2ccccc2C(Cc2ccccc2C)C(=C)C3C)c(CC)c1)C1CCC(C2CCC(C)CC2)CC1. The van der Waals surface area contributed by atoms with Crippen LogP contribution in [0, 0.1) is 30.6 Å². The molecule has 2 unspecified atom stereocenters. The summed E-state index contributed by atoms with van der Waals surface area (Å²) in [7, 11) is 0. The average molecular weight is 647 g/mol. The standard InChI is InChI=1S/C49H58/c1-7-38-30-43(36(6)39-21-23-41(24-22-39)40-19-16-32(2)17-20-40)25-26-44(38)28-37-18-27-45-34(4)35(5)48(31-42-13-9-8-12-33(42)3)46-14-10-11-15-47(46)49(45)29-37/h8-15,18,25-27,29-30,32,34,39-41,48H,5-7,16-17,19-24,28,31H2,1-4H3. The van der Waals surface area contributed by atoms with Crippen LogP contribution in [0.15, 0.2) is 104 Å². The minimum absolute atomic E-state index is 0.293. The maximum absolute atomic E-state index is 4.75. The van der Waals surface area contributed by atoms with Crippen molar-refractivity contribution in [3.63, 3.8) is 0 Å². The van der Waals surface area contributed by atoms with Crippen molar-refractivity contribution in [1.29, 1.82) is 0 Å². The fourth-order valence-corrected chi connectivity index (χ4v) is 9.85. The van der Waals surface area contributed by atoms with E-state index in [0.29, 0.717) is 17.8 Å². The third-order valence-corrected chi connectivity index (χ3v) is 13.2. The van der Waals surface area contributed by atoms with E-state index < -0.39 is 0 Å². The molecule has 0 aromatic heterocycles. The van der Waals surface area contributed by atoms with Crippen molar-refractivity contribution < 1.29 is 0 Å². The van der Waals surface area contributed by atoms with Gasteiger partial charge in [-0.05, 0) is 150 Å². The van der Waals surface area contributed by atoms with Gasteiger partial charge in [0.2, 0.25) is 0 Å². The molecule has 2 atom stereocenters. The number of hydrogen-bond donors (Lipinski definition) is 0. The lowest BCUT2D eigenvalue weighted by atomic mass is 9.68. The number of aryl methyl sites for hydroxylation is 2. The zero-order valence-corrected chi connectivity index (χ0v) is 30.7. The Balaban J connectivity index is 1.10. The Bertz CT molecular complexity index is 1800. The van der Waals surface area contributed by atoms with Crippen LogP contribution in [-0.4, -0.2) is 0 Å². The first-order chi connectivity index (χ1) is 23.8. The summed E-state index contributed by atoms with van der Waals surface area (Å²) >= 11 is 0. The van der Waals surface area contributed by atoms with Crippen LogP contribution in [0.5, 0.6) is 0 Å². The van der Waals surface area contributed by atoms with Gasteiger partial charge >= 0.3 is 0 Å². The third kappa shape index (κ3) is 7.04. The average Bonchev–Trinajstić information content (AvgIpc) is 3.22. The summed E-state index contributed by atoms with van der Waals surface area (Å²) in [6.45, 7) is 18.8. The minimum Gasteiger partial charge on any atom is -0.0986 e. The molecule has 0 aliphatic heterocycles. The molecular weight excluding hydrogens is 589 g/mol. The predicted molar refractivity (Wildman–Crippen MR) is 211 cm³/mol. The number of hydrogen-bond acceptors (Lipinski definition) is 0. The molecule has 4 aromatic carbocycles. The van der Waals surface area contributed by atoms with Gasteiger partial charge in [0.1, 0.15) is 0 Å². The molecule has 0 spiro atoms. The van der Waals surface area contributed by atoms with Gasteiger partial charge in [0.15, 0.2) is 0 Å². The maximum atomic E-state index is 4.75. The fourth-order valence-electron chi connectivity index (χ4n) is 9.85. The van der Waals surface area contributed by atoms with Gasteiger partial charge in [0.05, 0.1) is 0 Å². The van der Waals surface area contributed by atoms with Gasteiger partial charge in [-0.2, -0.15) is 0 Å². The van der Waals surface area contributed by atoms with E-state index >= 15 is 0 Å². The maximum Gasteiger partial charge on any atom is 0.00981 e. The van der Waals surface area contributed by atoms with Crippen LogP contribution in [0.1, 0.15) is 128 Å². The molecule has 0 heteroatoms. The van der Waals surface area contributed by atoms with Gasteiger partial charge < -0.3 is 0 Å². The summed E-state index contributed by atoms with van der Waals surface area (Å²) in [5.41, 5.74) is 16.8. The van der Waals surface area contributed by atoms with Crippen molar-refractivity contribution in [3.05, 3.63) is 148 Å². The van der Waals surface area contributed by atoms with Crippen molar-refractivity contribution >= 4 is 5.57 Å². The summed E-state index contributed by atoms with van der Waals surface area (Å²) in [6.07, 6.45) is 14.3. The van der Waals surface area contributed by atoms with Crippen molar-refractivity contribution in [3.8, 4) is 11.1 Å². The molecule has 3 aliphatic carbocycles. The second kappa shape index (κ2) is 14.7. The second-order valence-corrected chi connectivity index (χ2v) is 16.2. The summed E-state index contributed by atoms with van der Waals surface area (Å²) in [5.74, 6) is 4.12. The molecule has 0 nitrogen and oxygen atoms in total. The molecule has 4 aromatic rings. The van der Waals surface area contributed by atoms with E-state index in [1.165, 1.54) is 118 Å². The van der Waals surface area contributed by atoms with Crippen molar-refractivity contribution in [2.45, 2.75) is 110 Å². The van der Waals surface area contributed by atoms with Crippen LogP contribution < -0.4 is 0 Å². The summed E-state index contributed by atoms with van der Waals surface area (Å²) < 4.78 is 0. The molecule has 0 bridgehead atoms. The molecule has 2 saturated carbocycles. The van der Waals surface area contributed by atoms with Gasteiger partial charge in [-0.1, -0.05) is 137 Å². The second-order valence-electron chi connectivity index (χ2n) is 16.2. The van der Waals surface area contributed by atoms with E-state index in [1.807, 2.05) is 0 Å². The highest BCUT2D eigenvalue weighted by Gasteiger charge is 2.32. The Kier molecular flexibility index (Phi) is 10.1. The highest BCUT2D eigenvalue weighted by molar-refractivity contribution is 5.76. The van der Waals surface area contributed by atoms with Gasteiger partial charge in [-0.15, -0.1) is 0 Å². The van der Waals surface area contributed by atoms with Crippen LogP contribution in [0.25, 0.3) is 16.7 Å². The lowest BCUT2D eigenvalue weighted by molar-refractivity contribution is 0.162. The summed E-state index contributed by atoms with van der Waals surface area (Å²) in [4.78, 5) is 0. The number of fused-ring (bicyclic) bond motifs is 3. The quantitative estimate of drug-likeness (QED) is 0.167. The lowest BCUT2D eigenvalue weighted by Crippen LogP contribution is -2.25. The Morgan fingerprint density at radius 3 is 2.10 bits per heavy atom. The Hall–Kier alpha value is -3.64.